The number of halogens is 2. The van der Waals surface area contributed by atoms with Gasteiger partial charge < -0.3 is 5.11 Å². The van der Waals surface area contributed by atoms with Gasteiger partial charge in [-0.2, -0.15) is 10.3 Å². The molecule has 2 atom stereocenters. The summed E-state index contributed by atoms with van der Waals surface area (Å²) in [5, 5.41) is 32.2. The van der Waals surface area contributed by atoms with Crippen molar-refractivity contribution in [3.8, 4) is 22.6 Å². The number of hydrogen-bond acceptors (Lipinski definition) is 8. The molecule has 34 heavy (non-hydrogen) atoms. The number of nitrogens with zero attached hydrogens (tertiary/aromatic N) is 7. The first-order valence-corrected chi connectivity index (χ1v) is 11.1. The molecule has 0 amide bonds. The maximum Gasteiger partial charge on any atom is 0.204 e. The highest BCUT2D eigenvalue weighted by Gasteiger charge is 2.41. The number of thiazole rings is 1. The van der Waals surface area contributed by atoms with E-state index in [0.717, 1.165) is 23.3 Å². The Labute approximate surface area is 196 Å². The van der Waals surface area contributed by atoms with E-state index in [9.17, 15) is 13.9 Å². The van der Waals surface area contributed by atoms with Crippen LogP contribution in [0, 0.1) is 11.6 Å². The molecular weight excluding hydrogens is 462 g/mol. The Morgan fingerprint density at radius 2 is 1.94 bits per heavy atom. The largest absolute Gasteiger partial charge is 0.382 e. The second kappa shape index (κ2) is 8.80. The second-order valence-electron chi connectivity index (χ2n) is 7.75. The Hall–Kier alpha value is -3.90. The zero-order valence-corrected chi connectivity index (χ0v) is 18.6. The van der Waals surface area contributed by atoms with Crippen LogP contribution in [0.3, 0.4) is 0 Å². The number of tetrazole rings is 1. The van der Waals surface area contributed by atoms with Crippen molar-refractivity contribution < 1.29 is 13.9 Å². The third-order valence-corrected chi connectivity index (χ3v) is 6.69. The zero-order valence-electron chi connectivity index (χ0n) is 17.8. The fraction of sp³-hybridized carbons (Fsp3) is 0.182. The van der Waals surface area contributed by atoms with Gasteiger partial charge in [0.1, 0.15) is 29.9 Å². The highest BCUT2D eigenvalue weighted by Crippen LogP contribution is 2.41. The number of rotatable bonds is 7. The summed E-state index contributed by atoms with van der Waals surface area (Å²) in [6.07, 6.45) is 2.75. The molecule has 2 aromatic carbocycles. The number of aromatic amines is 1. The molecule has 0 spiro atoms. The number of aromatic nitrogens is 8. The van der Waals surface area contributed by atoms with Gasteiger partial charge in [-0.3, -0.25) is 0 Å². The van der Waals surface area contributed by atoms with E-state index in [4.69, 9.17) is 4.98 Å². The summed E-state index contributed by atoms with van der Waals surface area (Å²) in [5.41, 5.74) is 0.556. The molecule has 0 saturated heterocycles. The van der Waals surface area contributed by atoms with Gasteiger partial charge in [-0.05, 0) is 11.3 Å². The fourth-order valence-electron chi connectivity index (χ4n) is 3.75. The Bertz CT molecular complexity index is 1390. The highest BCUT2D eigenvalue weighted by atomic mass is 32.1. The molecule has 172 valence electrons. The molecule has 0 aliphatic rings. The monoisotopic (exact) mass is 480 g/mol. The summed E-state index contributed by atoms with van der Waals surface area (Å²) in [6, 6.07) is 10.6. The first-order chi connectivity index (χ1) is 16.4. The fourth-order valence-corrected chi connectivity index (χ4v) is 4.73. The van der Waals surface area contributed by atoms with Crippen molar-refractivity contribution in [1.82, 2.24) is 40.4 Å². The Kier molecular flexibility index (Phi) is 5.67. The predicted molar refractivity (Wildman–Crippen MR) is 119 cm³/mol. The van der Waals surface area contributed by atoms with Gasteiger partial charge in [0.05, 0.1) is 17.2 Å². The van der Waals surface area contributed by atoms with Crippen LogP contribution < -0.4 is 0 Å². The predicted octanol–water partition coefficient (Wildman–Crippen LogP) is 3.55. The van der Waals surface area contributed by atoms with Gasteiger partial charge in [0.25, 0.3) is 0 Å². The van der Waals surface area contributed by atoms with Crippen LogP contribution in [-0.2, 0) is 12.1 Å². The molecule has 0 aliphatic carbocycles. The topological polar surface area (TPSA) is 118 Å². The molecule has 0 saturated carbocycles. The van der Waals surface area contributed by atoms with Crippen LogP contribution in [0.15, 0.2) is 60.5 Å². The van der Waals surface area contributed by atoms with Gasteiger partial charge in [-0.15, -0.1) is 21.5 Å². The van der Waals surface area contributed by atoms with E-state index < -0.39 is 23.2 Å². The lowest BCUT2D eigenvalue weighted by atomic mass is 9.82. The van der Waals surface area contributed by atoms with Crippen LogP contribution in [0.1, 0.15) is 23.4 Å². The van der Waals surface area contributed by atoms with Crippen molar-refractivity contribution in [2.45, 2.75) is 25.0 Å². The van der Waals surface area contributed by atoms with Crippen molar-refractivity contribution >= 4 is 11.3 Å². The van der Waals surface area contributed by atoms with E-state index >= 15 is 0 Å². The zero-order chi connectivity index (χ0) is 23.7. The van der Waals surface area contributed by atoms with E-state index in [0.29, 0.717) is 16.5 Å². The summed E-state index contributed by atoms with van der Waals surface area (Å²) in [6.45, 7) is 1.66. The summed E-state index contributed by atoms with van der Waals surface area (Å²) in [7, 11) is 0. The maximum absolute atomic E-state index is 14.8. The van der Waals surface area contributed by atoms with Crippen LogP contribution in [0.2, 0.25) is 0 Å². The molecule has 12 heteroatoms. The van der Waals surface area contributed by atoms with Crippen molar-refractivity contribution in [3.05, 3.63) is 82.7 Å². The quantitative estimate of drug-likeness (QED) is 0.366. The average Bonchev–Trinajstić information content (AvgIpc) is 3.61. The highest BCUT2D eigenvalue weighted by molar-refractivity contribution is 7.10. The third kappa shape index (κ3) is 4.08. The van der Waals surface area contributed by atoms with Crippen LogP contribution in [0.5, 0.6) is 0 Å². The molecule has 9 nitrogen and oxygen atoms in total. The molecule has 3 aromatic heterocycles. The van der Waals surface area contributed by atoms with Crippen LogP contribution in [-0.4, -0.2) is 45.5 Å². The van der Waals surface area contributed by atoms with Crippen molar-refractivity contribution in [2.75, 3.05) is 0 Å². The first kappa shape index (κ1) is 21.9. The lowest BCUT2D eigenvalue weighted by Gasteiger charge is -2.33. The van der Waals surface area contributed by atoms with Gasteiger partial charge in [0.2, 0.25) is 5.82 Å². The molecular formula is C22H18F2N8OS. The van der Waals surface area contributed by atoms with E-state index in [1.54, 1.807) is 6.92 Å². The lowest BCUT2D eigenvalue weighted by molar-refractivity contribution is -0.0112. The van der Waals surface area contributed by atoms with Crippen LogP contribution in [0.4, 0.5) is 8.78 Å². The van der Waals surface area contributed by atoms with Gasteiger partial charge in [-0.25, -0.2) is 23.4 Å². The molecule has 5 aromatic rings. The average molecular weight is 481 g/mol. The standard InChI is InChI=1S/C22H18F2N8OS/c1-13(22(33,10-32-12-25-11-26-32)17-7-6-16(23)8-18(17)24)21-27-19(9-34-21)14-2-4-15(5-3-14)20-28-30-31-29-20/h2-9,11-13,33H,10H2,1H3,(H,28,29,30,31)/t13-,22+/m0/s1. The van der Waals surface area contributed by atoms with Crippen molar-refractivity contribution in [3.63, 3.8) is 0 Å². The summed E-state index contributed by atoms with van der Waals surface area (Å²) in [5.74, 6) is -1.73. The lowest BCUT2D eigenvalue weighted by Crippen LogP contribution is -2.38. The normalized spacial score (nSPS) is 14.1. The number of H-pyrrole nitrogens is 1. The van der Waals surface area contributed by atoms with Gasteiger partial charge >= 0.3 is 0 Å². The van der Waals surface area contributed by atoms with E-state index in [1.807, 2.05) is 29.6 Å². The molecule has 2 N–H and O–H groups in total. The van der Waals surface area contributed by atoms with Crippen LogP contribution >= 0.6 is 11.3 Å². The molecule has 5 rings (SSSR count). The number of hydrogen-bond donors (Lipinski definition) is 2. The minimum atomic E-state index is -1.76. The SMILES string of the molecule is C[C@@H](c1nc(-c2ccc(-c3nn[nH]n3)cc2)cs1)[C@](O)(Cn1cncn1)c1ccc(F)cc1F. The summed E-state index contributed by atoms with van der Waals surface area (Å²) >= 11 is 1.34. The van der Waals surface area contributed by atoms with Gasteiger partial charge in [-0.1, -0.05) is 37.3 Å². The summed E-state index contributed by atoms with van der Waals surface area (Å²) in [4.78, 5) is 8.60. The van der Waals surface area contributed by atoms with Gasteiger partial charge in [0, 0.05) is 34.1 Å². The number of aliphatic hydroxyl groups is 1. The Morgan fingerprint density at radius 3 is 2.62 bits per heavy atom. The van der Waals surface area contributed by atoms with E-state index in [2.05, 4.69) is 30.7 Å². The van der Waals surface area contributed by atoms with E-state index in [1.165, 1.54) is 34.7 Å². The minimum Gasteiger partial charge on any atom is -0.382 e. The first-order valence-electron chi connectivity index (χ1n) is 10.2. The Balaban J connectivity index is 1.48. The summed E-state index contributed by atoms with van der Waals surface area (Å²) < 4.78 is 29.8. The molecule has 0 unspecified atom stereocenters. The smallest absolute Gasteiger partial charge is 0.204 e. The molecule has 0 fully saturated rings. The van der Waals surface area contributed by atoms with Crippen molar-refractivity contribution in [1.29, 1.82) is 0 Å². The third-order valence-electron chi connectivity index (χ3n) is 5.66. The minimum absolute atomic E-state index is 0.0434. The van der Waals surface area contributed by atoms with E-state index in [-0.39, 0.29) is 12.1 Å². The Morgan fingerprint density at radius 1 is 1.15 bits per heavy atom. The number of nitrogens with one attached hydrogen (secondary N) is 1. The van der Waals surface area contributed by atoms with Crippen molar-refractivity contribution in [2.24, 2.45) is 0 Å². The molecule has 0 aliphatic heterocycles. The molecule has 0 radical (unpaired) electrons. The maximum atomic E-state index is 14.8. The van der Waals surface area contributed by atoms with Gasteiger partial charge in [0.15, 0.2) is 0 Å². The number of benzene rings is 2. The van der Waals surface area contributed by atoms with Crippen LogP contribution in [0.25, 0.3) is 22.6 Å². The molecule has 3 heterocycles. The second-order valence-corrected chi connectivity index (χ2v) is 8.64. The molecule has 0 bridgehead atoms.